The summed E-state index contributed by atoms with van der Waals surface area (Å²) in [6, 6.07) is 5.60. The summed E-state index contributed by atoms with van der Waals surface area (Å²) in [5, 5.41) is 12.9. The number of carboxylic acid groups (broad SMARTS) is 1. The molecule has 0 bridgehead atoms. The van der Waals surface area contributed by atoms with Gasteiger partial charge in [0.1, 0.15) is 5.75 Å². The van der Waals surface area contributed by atoms with E-state index in [-0.39, 0.29) is 6.42 Å². The van der Waals surface area contributed by atoms with E-state index in [4.69, 9.17) is 14.7 Å². The van der Waals surface area contributed by atoms with Crippen LogP contribution in [0.2, 0.25) is 0 Å². The molecule has 0 amide bonds. The van der Waals surface area contributed by atoms with Crippen molar-refractivity contribution in [3.05, 3.63) is 29.3 Å². The molecule has 0 saturated carbocycles. The maximum absolute atomic E-state index is 11.0. The van der Waals surface area contributed by atoms with Crippen molar-refractivity contribution in [3.8, 4) is 5.75 Å². The summed E-state index contributed by atoms with van der Waals surface area (Å²) in [5.41, 5.74) is 1.22. The predicted molar refractivity (Wildman–Crippen MR) is 66.0 cm³/mol. The van der Waals surface area contributed by atoms with Crippen molar-refractivity contribution < 1.29 is 19.5 Å². The highest BCUT2D eigenvalue weighted by molar-refractivity contribution is 6.04. The zero-order valence-corrected chi connectivity index (χ0v) is 10.6. The minimum Gasteiger partial charge on any atom is -0.496 e. The lowest BCUT2D eigenvalue weighted by molar-refractivity contribution is -0.160. The van der Waals surface area contributed by atoms with E-state index in [1.807, 2.05) is 25.1 Å². The lowest BCUT2D eigenvalue weighted by Gasteiger charge is -2.14. The monoisotopic (exact) mass is 249 g/mol. The van der Waals surface area contributed by atoms with Crippen LogP contribution < -0.4 is 4.74 Å². The van der Waals surface area contributed by atoms with E-state index in [0.717, 1.165) is 16.9 Å². The third-order valence-corrected chi connectivity index (χ3v) is 3.04. The van der Waals surface area contributed by atoms with Gasteiger partial charge in [-0.1, -0.05) is 5.16 Å². The van der Waals surface area contributed by atoms with Crippen LogP contribution in [0.1, 0.15) is 24.5 Å². The molecule has 5 nitrogen and oxygen atoms in total. The first-order valence-electron chi connectivity index (χ1n) is 5.60. The van der Waals surface area contributed by atoms with E-state index in [1.54, 1.807) is 7.11 Å². The van der Waals surface area contributed by atoms with E-state index in [1.165, 1.54) is 6.92 Å². The molecule has 18 heavy (non-hydrogen) atoms. The summed E-state index contributed by atoms with van der Waals surface area (Å²) in [6.07, 6.45) is 0.258. The number of hydrogen-bond donors (Lipinski definition) is 1. The fourth-order valence-corrected chi connectivity index (χ4v) is 1.87. The average molecular weight is 249 g/mol. The van der Waals surface area contributed by atoms with Gasteiger partial charge in [0.15, 0.2) is 0 Å². The maximum atomic E-state index is 11.0. The number of oxime groups is 1. The van der Waals surface area contributed by atoms with Crippen molar-refractivity contribution in [2.75, 3.05) is 7.11 Å². The normalized spacial score (nSPS) is 22.3. The molecule has 1 aromatic carbocycles. The number of methoxy groups -OCH3 is 1. The summed E-state index contributed by atoms with van der Waals surface area (Å²) in [4.78, 5) is 16.1. The quantitative estimate of drug-likeness (QED) is 0.889. The number of ether oxygens (including phenoxy) is 1. The minimum atomic E-state index is -1.26. The van der Waals surface area contributed by atoms with E-state index < -0.39 is 11.6 Å². The third kappa shape index (κ3) is 2.03. The Balaban J connectivity index is 2.25. The molecule has 2 rings (SSSR count). The van der Waals surface area contributed by atoms with Gasteiger partial charge in [0, 0.05) is 6.42 Å². The van der Waals surface area contributed by atoms with E-state index in [2.05, 4.69) is 5.16 Å². The van der Waals surface area contributed by atoms with Gasteiger partial charge in [0.2, 0.25) is 5.60 Å². The topological polar surface area (TPSA) is 68.1 Å². The van der Waals surface area contributed by atoms with Gasteiger partial charge in [0.25, 0.3) is 0 Å². The Morgan fingerprint density at radius 3 is 2.78 bits per heavy atom. The Labute approximate surface area is 105 Å². The largest absolute Gasteiger partial charge is 0.496 e. The fraction of sp³-hybridized carbons (Fsp3) is 0.385. The van der Waals surface area contributed by atoms with Gasteiger partial charge in [-0.2, -0.15) is 0 Å². The highest BCUT2D eigenvalue weighted by Crippen LogP contribution is 2.28. The molecule has 0 saturated heterocycles. The molecule has 1 atom stereocenters. The third-order valence-electron chi connectivity index (χ3n) is 3.04. The lowest BCUT2D eigenvalue weighted by atomic mass is 9.95. The standard InChI is InChI=1S/C13H15NO4/c1-8-6-9(4-5-11(8)17-3)10-7-13(2,12(15)16)18-14-10/h4-6H,7H2,1-3H3,(H,15,16). The number of hydrogen-bond acceptors (Lipinski definition) is 4. The average Bonchev–Trinajstić information content (AvgIpc) is 2.73. The maximum Gasteiger partial charge on any atom is 0.351 e. The van der Waals surface area contributed by atoms with Gasteiger partial charge in [0.05, 0.1) is 12.8 Å². The molecule has 1 unspecified atom stereocenters. The van der Waals surface area contributed by atoms with Crippen LogP contribution >= 0.6 is 0 Å². The van der Waals surface area contributed by atoms with Crippen molar-refractivity contribution in [1.82, 2.24) is 0 Å². The Hall–Kier alpha value is -2.04. The van der Waals surface area contributed by atoms with Gasteiger partial charge in [-0.05, 0) is 43.2 Å². The Morgan fingerprint density at radius 2 is 2.28 bits per heavy atom. The highest BCUT2D eigenvalue weighted by Gasteiger charge is 2.42. The van der Waals surface area contributed by atoms with Crippen molar-refractivity contribution in [3.63, 3.8) is 0 Å². The smallest absolute Gasteiger partial charge is 0.351 e. The second kappa shape index (κ2) is 4.33. The van der Waals surface area contributed by atoms with Crippen LogP contribution in [0, 0.1) is 6.92 Å². The summed E-state index contributed by atoms with van der Waals surface area (Å²) >= 11 is 0. The van der Waals surface area contributed by atoms with Crippen LogP contribution in [0.15, 0.2) is 23.4 Å². The van der Waals surface area contributed by atoms with Crippen molar-refractivity contribution in [1.29, 1.82) is 0 Å². The summed E-state index contributed by atoms with van der Waals surface area (Å²) < 4.78 is 5.18. The number of rotatable bonds is 3. The number of carboxylic acids is 1. The Kier molecular flexibility index (Phi) is 2.98. The van der Waals surface area contributed by atoms with Crippen LogP contribution in [0.25, 0.3) is 0 Å². The number of aliphatic carboxylic acids is 1. The van der Waals surface area contributed by atoms with Crippen LogP contribution in [0.3, 0.4) is 0 Å². The predicted octanol–water partition coefficient (Wildman–Crippen LogP) is 1.97. The molecule has 1 N–H and O–H groups in total. The van der Waals surface area contributed by atoms with Gasteiger partial charge >= 0.3 is 5.97 Å². The van der Waals surface area contributed by atoms with Crippen molar-refractivity contribution in [2.24, 2.45) is 5.16 Å². The lowest BCUT2D eigenvalue weighted by Crippen LogP contribution is -2.35. The molecule has 96 valence electrons. The molecule has 0 spiro atoms. The fourth-order valence-electron chi connectivity index (χ4n) is 1.87. The Bertz CT molecular complexity index is 524. The van der Waals surface area contributed by atoms with Gasteiger partial charge < -0.3 is 14.7 Å². The summed E-state index contributed by atoms with van der Waals surface area (Å²) in [7, 11) is 1.61. The molecular formula is C13H15NO4. The molecule has 0 aromatic heterocycles. The number of benzene rings is 1. The summed E-state index contributed by atoms with van der Waals surface area (Å²) in [6.45, 7) is 3.44. The van der Waals surface area contributed by atoms with Crippen LogP contribution in [-0.2, 0) is 9.63 Å². The van der Waals surface area contributed by atoms with E-state index in [0.29, 0.717) is 5.71 Å². The van der Waals surface area contributed by atoms with Gasteiger partial charge in [-0.3, -0.25) is 0 Å². The van der Waals surface area contributed by atoms with Crippen molar-refractivity contribution >= 4 is 11.7 Å². The van der Waals surface area contributed by atoms with Crippen molar-refractivity contribution in [2.45, 2.75) is 25.9 Å². The molecular weight excluding hydrogens is 234 g/mol. The second-order valence-corrected chi connectivity index (χ2v) is 4.53. The first-order chi connectivity index (χ1) is 8.46. The van der Waals surface area contributed by atoms with Gasteiger partial charge in [-0.15, -0.1) is 0 Å². The molecule has 1 heterocycles. The van der Waals surface area contributed by atoms with Crippen LogP contribution in [0.4, 0.5) is 0 Å². The van der Waals surface area contributed by atoms with E-state index in [9.17, 15) is 4.79 Å². The number of carbonyl (C=O) groups is 1. The van der Waals surface area contributed by atoms with E-state index >= 15 is 0 Å². The zero-order valence-electron chi connectivity index (χ0n) is 10.6. The molecule has 0 aliphatic carbocycles. The summed E-state index contributed by atoms with van der Waals surface area (Å²) in [5.74, 6) is -0.217. The molecule has 0 radical (unpaired) electrons. The Morgan fingerprint density at radius 1 is 1.56 bits per heavy atom. The molecule has 0 fully saturated rings. The SMILES string of the molecule is COc1ccc(C2=NOC(C)(C(=O)O)C2)cc1C. The second-order valence-electron chi connectivity index (χ2n) is 4.53. The minimum absolute atomic E-state index is 0.258. The first-order valence-corrected chi connectivity index (χ1v) is 5.60. The van der Waals surface area contributed by atoms with Crippen LogP contribution in [-0.4, -0.2) is 29.5 Å². The molecule has 1 aromatic rings. The molecule has 1 aliphatic rings. The highest BCUT2D eigenvalue weighted by atomic mass is 16.7. The number of aryl methyl sites for hydroxylation is 1. The zero-order chi connectivity index (χ0) is 13.3. The van der Waals surface area contributed by atoms with Crippen LogP contribution in [0.5, 0.6) is 5.75 Å². The first kappa shape index (κ1) is 12.4. The molecule has 1 aliphatic heterocycles. The number of nitrogens with zero attached hydrogens (tertiary/aromatic N) is 1. The molecule has 5 heteroatoms. The van der Waals surface area contributed by atoms with Gasteiger partial charge in [-0.25, -0.2) is 4.79 Å².